The van der Waals surface area contributed by atoms with Crippen molar-refractivity contribution in [2.75, 3.05) is 46.1 Å². The summed E-state index contributed by atoms with van der Waals surface area (Å²) in [5.74, 6) is 0.911. The summed E-state index contributed by atoms with van der Waals surface area (Å²) in [7, 11) is 0. The summed E-state index contributed by atoms with van der Waals surface area (Å²) in [5.41, 5.74) is 1.99. The first-order valence-electron chi connectivity index (χ1n) is 7.10. The normalized spacial score (nSPS) is 28.9. The number of fused-ring (bicyclic) bond motifs is 3. The van der Waals surface area contributed by atoms with Gasteiger partial charge in [-0.25, -0.2) is 0 Å². The molecule has 20 heavy (non-hydrogen) atoms. The first-order chi connectivity index (χ1) is 9.87. The second-order valence-corrected chi connectivity index (χ2v) is 5.67. The van der Waals surface area contributed by atoms with Crippen LogP contribution in [0.2, 0.25) is 0 Å². The van der Waals surface area contributed by atoms with E-state index in [1.165, 1.54) is 0 Å². The summed E-state index contributed by atoms with van der Waals surface area (Å²) >= 11 is 0. The van der Waals surface area contributed by atoms with Crippen molar-refractivity contribution in [1.82, 2.24) is 4.90 Å². The summed E-state index contributed by atoms with van der Waals surface area (Å²) in [6, 6.07) is 8.07. The molecule has 0 aliphatic carbocycles. The number of hydrogen-bond acceptors (Lipinski definition) is 5. The summed E-state index contributed by atoms with van der Waals surface area (Å²) in [5, 5.41) is 4.32. The summed E-state index contributed by atoms with van der Waals surface area (Å²) < 4.78 is 11.4. The van der Waals surface area contributed by atoms with Gasteiger partial charge in [-0.1, -0.05) is 17.3 Å². The van der Waals surface area contributed by atoms with Crippen LogP contribution < -0.4 is 4.74 Å². The van der Waals surface area contributed by atoms with Crippen LogP contribution in [0.25, 0.3) is 0 Å². The van der Waals surface area contributed by atoms with Gasteiger partial charge in [-0.05, 0) is 12.1 Å². The maximum atomic E-state index is 5.96. The first-order valence-corrected chi connectivity index (χ1v) is 7.10. The Kier molecular flexibility index (Phi) is 2.89. The van der Waals surface area contributed by atoms with Crippen molar-refractivity contribution in [3.05, 3.63) is 29.8 Å². The van der Waals surface area contributed by atoms with Gasteiger partial charge in [-0.3, -0.25) is 4.90 Å². The van der Waals surface area contributed by atoms with Crippen molar-refractivity contribution >= 4 is 5.71 Å². The average Bonchev–Trinajstić information content (AvgIpc) is 2.92. The Bertz CT molecular complexity index is 540. The third kappa shape index (κ3) is 1.89. The van der Waals surface area contributed by atoms with Gasteiger partial charge in [0.25, 0.3) is 0 Å². The van der Waals surface area contributed by atoms with Gasteiger partial charge in [0.05, 0.1) is 18.6 Å². The van der Waals surface area contributed by atoms with Crippen LogP contribution in [0.15, 0.2) is 29.4 Å². The molecule has 0 bridgehead atoms. The number of benzene rings is 1. The molecule has 1 aromatic carbocycles. The lowest BCUT2D eigenvalue weighted by atomic mass is 9.79. The average molecular weight is 274 g/mol. The van der Waals surface area contributed by atoms with Crippen LogP contribution in [-0.2, 0) is 9.57 Å². The predicted octanol–water partition coefficient (Wildman–Crippen LogP) is 1.13. The molecule has 0 aromatic heterocycles. The molecule has 1 unspecified atom stereocenters. The monoisotopic (exact) mass is 274 g/mol. The molecule has 0 amide bonds. The van der Waals surface area contributed by atoms with E-state index in [1.807, 2.05) is 18.2 Å². The van der Waals surface area contributed by atoms with Gasteiger partial charge >= 0.3 is 0 Å². The largest absolute Gasteiger partial charge is 0.492 e. The predicted molar refractivity (Wildman–Crippen MR) is 74.1 cm³/mol. The molecule has 0 spiro atoms. The van der Waals surface area contributed by atoms with E-state index in [1.54, 1.807) is 0 Å². The van der Waals surface area contributed by atoms with Gasteiger partial charge in [0.1, 0.15) is 24.7 Å². The molecule has 106 valence electrons. The number of ether oxygens (including phenoxy) is 2. The fourth-order valence-electron chi connectivity index (χ4n) is 3.19. The smallest absolute Gasteiger partial charge is 0.133 e. The van der Waals surface area contributed by atoms with E-state index in [4.69, 9.17) is 14.3 Å². The minimum atomic E-state index is -0.133. The number of morpholine rings is 1. The standard InChI is InChI=1S/C15H18N2O3/c1-2-4-13-12(3-1)14-15(10-19-13,11-20-16-14)9-17-5-7-18-8-6-17/h1-4H,5-11H2. The van der Waals surface area contributed by atoms with Crippen molar-refractivity contribution in [3.63, 3.8) is 0 Å². The molecule has 3 heterocycles. The van der Waals surface area contributed by atoms with Crippen molar-refractivity contribution < 1.29 is 14.3 Å². The Labute approximate surface area is 118 Å². The summed E-state index contributed by atoms with van der Waals surface area (Å²) in [6.45, 7) is 5.72. The van der Waals surface area contributed by atoms with Crippen molar-refractivity contribution in [1.29, 1.82) is 0 Å². The molecular weight excluding hydrogens is 256 g/mol. The number of nitrogens with zero attached hydrogens (tertiary/aromatic N) is 2. The number of rotatable bonds is 2. The molecule has 1 atom stereocenters. The lowest BCUT2D eigenvalue weighted by molar-refractivity contribution is 0.00508. The SMILES string of the molecule is c1ccc2c(c1)OCC1(CN3CCOCC3)CON=C21. The van der Waals surface area contributed by atoms with Gasteiger partial charge < -0.3 is 14.3 Å². The van der Waals surface area contributed by atoms with Crippen molar-refractivity contribution in [3.8, 4) is 5.75 Å². The Morgan fingerprint density at radius 3 is 2.90 bits per heavy atom. The topological polar surface area (TPSA) is 43.3 Å². The molecule has 3 aliphatic rings. The quantitative estimate of drug-likeness (QED) is 0.811. The van der Waals surface area contributed by atoms with Crippen LogP contribution in [0.3, 0.4) is 0 Å². The fourth-order valence-corrected chi connectivity index (χ4v) is 3.19. The number of oxime groups is 1. The van der Waals surface area contributed by atoms with Crippen LogP contribution in [0.1, 0.15) is 5.56 Å². The second-order valence-electron chi connectivity index (χ2n) is 5.67. The van der Waals surface area contributed by atoms with Crippen molar-refractivity contribution in [2.45, 2.75) is 0 Å². The summed E-state index contributed by atoms with van der Waals surface area (Å²) in [6.07, 6.45) is 0. The highest BCUT2D eigenvalue weighted by atomic mass is 16.6. The third-order valence-electron chi connectivity index (χ3n) is 4.28. The lowest BCUT2D eigenvalue weighted by Gasteiger charge is -2.38. The highest BCUT2D eigenvalue weighted by Crippen LogP contribution is 2.39. The third-order valence-corrected chi connectivity index (χ3v) is 4.28. The van der Waals surface area contributed by atoms with Gasteiger partial charge in [0.2, 0.25) is 0 Å². The van der Waals surface area contributed by atoms with Crippen molar-refractivity contribution in [2.24, 2.45) is 10.6 Å². The molecular formula is C15H18N2O3. The molecule has 1 aromatic rings. The highest BCUT2D eigenvalue weighted by Gasteiger charge is 2.48. The fraction of sp³-hybridized carbons (Fsp3) is 0.533. The molecule has 1 saturated heterocycles. The number of para-hydroxylation sites is 1. The van der Waals surface area contributed by atoms with E-state index in [0.29, 0.717) is 13.2 Å². The van der Waals surface area contributed by atoms with Crippen LogP contribution in [0.4, 0.5) is 0 Å². The van der Waals surface area contributed by atoms with Crippen LogP contribution in [-0.4, -0.2) is 56.7 Å². The van der Waals surface area contributed by atoms with Crippen LogP contribution in [0, 0.1) is 5.41 Å². The molecule has 0 saturated carbocycles. The Balaban J connectivity index is 1.63. The van der Waals surface area contributed by atoms with E-state index in [2.05, 4.69) is 16.1 Å². The zero-order valence-electron chi connectivity index (χ0n) is 11.4. The van der Waals surface area contributed by atoms with E-state index in [-0.39, 0.29) is 5.41 Å². The minimum Gasteiger partial charge on any atom is -0.492 e. The zero-order valence-corrected chi connectivity index (χ0v) is 11.4. The van der Waals surface area contributed by atoms with Gasteiger partial charge in [0, 0.05) is 25.2 Å². The van der Waals surface area contributed by atoms with Gasteiger partial charge in [-0.15, -0.1) is 0 Å². The van der Waals surface area contributed by atoms with Gasteiger partial charge in [0.15, 0.2) is 0 Å². The first kappa shape index (κ1) is 12.2. The van der Waals surface area contributed by atoms with Crippen LogP contribution in [0.5, 0.6) is 5.75 Å². The Morgan fingerprint density at radius 1 is 1.15 bits per heavy atom. The molecule has 1 fully saturated rings. The molecule has 5 nitrogen and oxygen atoms in total. The lowest BCUT2D eigenvalue weighted by Crippen LogP contribution is -2.52. The van der Waals surface area contributed by atoms with E-state index >= 15 is 0 Å². The molecule has 5 heteroatoms. The number of hydrogen-bond donors (Lipinski definition) is 0. The molecule has 4 rings (SSSR count). The second kappa shape index (κ2) is 4.75. The Hall–Kier alpha value is -1.59. The molecule has 0 radical (unpaired) electrons. The highest BCUT2D eigenvalue weighted by molar-refractivity contribution is 6.08. The van der Waals surface area contributed by atoms with E-state index in [0.717, 1.165) is 49.9 Å². The van der Waals surface area contributed by atoms with E-state index in [9.17, 15) is 0 Å². The summed E-state index contributed by atoms with van der Waals surface area (Å²) in [4.78, 5) is 7.86. The maximum Gasteiger partial charge on any atom is 0.133 e. The Morgan fingerprint density at radius 2 is 2.00 bits per heavy atom. The minimum absolute atomic E-state index is 0.133. The molecule has 3 aliphatic heterocycles. The molecule has 0 N–H and O–H groups in total. The maximum absolute atomic E-state index is 5.96. The van der Waals surface area contributed by atoms with Crippen LogP contribution >= 0.6 is 0 Å². The van der Waals surface area contributed by atoms with Gasteiger partial charge in [-0.2, -0.15) is 0 Å². The van der Waals surface area contributed by atoms with E-state index < -0.39 is 0 Å². The zero-order chi connectivity index (χ0) is 13.4.